The Morgan fingerprint density at radius 3 is 2.63 bits per heavy atom. The summed E-state index contributed by atoms with van der Waals surface area (Å²) in [5.41, 5.74) is 1.71. The van der Waals surface area contributed by atoms with E-state index in [-0.39, 0.29) is 11.5 Å². The van der Waals surface area contributed by atoms with Crippen molar-refractivity contribution in [2.24, 2.45) is 0 Å². The maximum Gasteiger partial charge on any atom is 0.371 e. The van der Waals surface area contributed by atoms with E-state index in [0.29, 0.717) is 11.3 Å². The molecule has 0 bridgehead atoms. The Morgan fingerprint density at radius 1 is 1.32 bits per heavy atom. The third kappa shape index (κ3) is 3.12. The van der Waals surface area contributed by atoms with Gasteiger partial charge in [-0.1, -0.05) is 12.1 Å². The van der Waals surface area contributed by atoms with E-state index < -0.39 is 16.8 Å². The standard InChI is InChI=1S/C14H14O4S/c1-9-4-3-5-12(6-9)19(17)8-11-7-13(14(15)16)18-10(11)2/h3-7H,8H2,1-2H3,(H,15,16). The lowest BCUT2D eigenvalue weighted by molar-refractivity contribution is 0.0661. The molecule has 4 nitrogen and oxygen atoms in total. The van der Waals surface area contributed by atoms with Crippen LogP contribution in [0.2, 0.25) is 0 Å². The van der Waals surface area contributed by atoms with Gasteiger partial charge in [0, 0.05) is 10.5 Å². The summed E-state index contributed by atoms with van der Waals surface area (Å²) in [7, 11) is -1.21. The van der Waals surface area contributed by atoms with E-state index in [2.05, 4.69) is 0 Å². The van der Waals surface area contributed by atoms with E-state index in [1.54, 1.807) is 13.0 Å². The second kappa shape index (κ2) is 5.40. The fourth-order valence-electron chi connectivity index (χ4n) is 1.75. The molecule has 5 heteroatoms. The monoisotopic (exact) mass is 278 g/mol. The van der Waals surface area contributed by atoms with Crippen LogP contribution in [0.1, 0.15) is 27.4 Å². The van der Waals surface area contributed by atoms with Crippen molar-refractivity contribution in [3.63, 3.8) is 0 Å². The van der Waals surface area contributed by atoms with Crippen molar-refractivity contribution in [2.45, 2.75) is 24.5 Å². The zero-order valence-electron chi connectivity index (χ0n) is 10.7. The molecule has 0 aliphatic carbocycles. The molecule has 0 radical (unpaired) electrons. The summed E-state index contributed by atoms with van der Waals surface area (Å²) >= 11 is 0. The lowest BCUT2D eigenvalue weighted by atomic mass is 10.2. The van der Waals surface area contributed by atoms with Gasteiger partial charge in [-0.2, -0.15) is 0 Å². The fourth-order valence-corrected chi connectivity index (χ4v) is 3.03. The van der Waals surface area contributed by atoms with Gasteiger partial charge in [-0.05, 0) is 37.6 Å². The quantitative estimate of drug-likeness (QED) is 0.933. The summed E-state index contributed by atoms with van der Waals surface area (Å²) in [5.74, 6) is -0.477. The Hall–Kier alpha value is -1.88. The van der Waals surface area contributed by atoms with Crippen LogP contribution in [0.15, 0.2) is 39.6 Å². The minimum Gasteiger partial charge on any atom is -0.475 e. The maximum absolute atomic E-state index is 12.2. The van der Waals surface area contributed by atoms with Crippen LogP contribution in [0, 0.1) is 13.8 Å². The van der Waals surface area contributed by atoms with Gasteiger partial charge in [-0.25, -0.2) is 4.79 Å². The number of aromatic carboxylic acids is 1. The molecule has 1 aromatic heterocycles. The van der Waals surface area contributed by atoms with Gasteiger partial charge in [-0.3, -0.25) is 4.21 Å². The van der Waals surface area contributed by atoms with Gasteiger partial charge in [0.25, 0.3) is 0 Å². The summed E-state index contributed by atoms with van der Waals surface area (Å²) in [5, 5.41) is 8.84. The number of rotatable bonds is 4. The molecule has 0 saturated heterocycles. The van der Waals surface area contributed by atoms with Crippen molar-refractivity contribution >= 4 is 16.8 Å². The van der Waals surface area contributed by atoms with Gasteiger partial charge in [0.05, 0.1) is 16.6 Å². The van der Waals surface area contributed by atoms with Crippen molar-refractivity contribution in [2.75, 3.05) is 0 Å². The van der Waals surface area contributed by atoms with E-state index in [1.807, 2.05) is 25.1 Å². The highest BCUT2D eigenvalue weighted by Crippen LogP contribution is 2.19. The minimum absolute atomic E-state index is 0.117. The van der Waals surface area contributed by atoms with E-state index in [1.165, 1.54) is 6.07 Å². The Kier molecular flexibility index (Phi) is 3.85. The molecule has 0 aliphatic rings. The molecule has 2 aromatic rings. The van der Waals surface area contributed by atoms with Gasteiger partial charge >= 0.3 is 5.97 Å². The number of carboxylic acid groups (broad SMARTS) is 1. The second-order valence-electron chi connectivity index (χ2n) is 4.30. The number of furan rings is 1. The predicted molar refractivity (Wildman–Crippen MR) is 71.7 cm³/mol. The van der Waals surface area contributed by atoms with Crippen LogP contribution in [-0.2, 0) is 16.6 Å². The summed E-state index contributed by atoms with van der Waals surface area (Å²) < 4.78 is 17.3. The van der Waals surface area contributed by atoms with Crippen molar-refractivity contribution in [3.05, 3.63) is 53.0 Å². The molecule has 0 spiro atoms. The van der Waals surface area contributed by atoms with Crippen LogP contribution in [0.4, 0.5) is 0 Å². The van der Waals surface area contributed by atoms with Gasteiger partial charge in [0.1, 0.15) is 5.76 Å². The molecular weight excluding hydrogens is 264 g/mol. The second-order valence-corrected chi connectivity index (χ2v) is 5.75. The number of carboxylic acids is 1. The first-order valence-electron chi connectivity index (χ1n) is 5.75. The molecule has 1 heterocycles. The van der Waals surface area contributed by atoms with E-state index in [0.717, 1.165) is 10.5 Å². The average Bonchev–Trinajstić information content (AvgIpc) is 2.71. The van der Waals surface area contributed by atoms with Gasteiger partial charge in [0.2, 0.25) is 5.76 Å². The summed E-state index contributed by atoms with van der Waals surface area (Å²) in [6.07, 6.45) is 0. The molecule has 0 fully saturated rings. The molecule has 19 heavy (non-hydrogen) atoms. The van der Waals surface area contributed by atoms with Crippen LogP contribution in [0.5, 0.6) is 0 Å². The molecule has 1 atom stereocenters. The third-order valence-electron chi connectivity index (χ3n) is 2.77. The first-order chi connectivity index (χ1) is 8.97. The highest BCUT2D eigenvalue weighted by molar-refractivity contribution is 7.84. The Bertz CT molecular complexity index is 643. The normalized spacial score (nSPS) is 12.3. The molecule has 2 rings (SSSR count). The predicted octanol–water partition coefficient (Wildman–Crippen LogP) is 2.90. The van der Waals surface area contributed by atoms with Crippen LogP contribution in [0.3, 0.4) is 0 Å². The van der Waals surface area contributed by atoms with E-state index >= 15 is 0 Å². The molecule has 0 saturated carbocycles. The zero-order valence-corrected chi connectivity index (χ0v) is 11.5. The number of hydrogen-bond acceptors (Lipinski definition) is 3. The van der Waals surface area contributed by atoms with Gasteiger partial charge < -0.3 is 9.52 Å². The number of carbonyl (C=O) groups is 1. The number of aryl methyl sites for hydroxylation is 2. The first-order valence-corrected chi connectivity index (χ1v) is 7.07. The minimum atomic E-state index is -1.21. The molecular formula is C14H14O4S. The van der Waals surface area contributed by atoms with Crippen molar-refractivity contribution in [1.82, 2.24) is 0 Å². The van der Waals surface area contributed by atoms with Crippen molar-refractivity contribution in [1.29, 1.82) is 0 Å². The molecule has 100 valence electrons. The fraction of sp³-hybridized carbons (Fsp3) is 0.214. The Balaban J connectivity index is 2.21. The maximum atomic E-state index is 12.2. The summed E-state index contributed by atoms with van der Waals surface area (Å²) in [6, 6.07) is 8.89. The highest BCUT2D eigenvalue weighted by Gasteiger charge is 2.15. The van der Waals surface area contributed by atoms with Crippen LogP contribution < -0.4 is 0 Å². The molecule has 1 aromatic carbocycles. The molecule has 1 unspecified atom stereocenters. The highest BCUT2D eigenvalue weighted by atomic mass is 32.2. The average molecular weight is 278 g/mol. The smallest absolute Gasteiger partial charge is 0.371 e. The Morgan fingerprint density at radius 2 is 2.05 bits per heavy atom. The largest absolute Gasteiger partial charge is 0.475 e. The SMILES string of the molecule is Cc1cccc(S(=O)Cc2cc(C(=O)O)oc2C)c1. The van der Waals surface area contributed by atoms with Crippen LogP contribution >= 0.6 is 0 Å². The van der Waals surface area contributed by atoms with Crippen LogP contribution in [0.25, 0.3) is 0 Å². The topological polar surface area (TPSA) is 67.5 Å². The summed E-state index contributed by atoms with van der Waals surface area (Å²) in [4.78, 5) is 11.5. The van der Waals surface area contributed by atoms with E-state index in [9.17, 15) is 9.00 Å². The number of hydrogen-bond donors (Lipinski definition) is 1. The lowest BCUT2D eigenvalue weighted by Crippen LogP contribution is -1.97. The summed E-state index contributed by atoms with van der Waals surface area (Å²) in [6.45, 7) is 3.61. The Labute approximate surface area is 113 Å². The van der Waals surface area contributed by atoms with Gasteiger partial charge in [-0.15, -0.1) is 0 Å². The van der Waals surface area contributed by atoms with Crippen LogP contribution in [-0.4, -0.2) is 15.3 Å². The lowest BCUT2D eigenvalue weighted by Gasteiger charge is -2.02. The molecule has 0 aliphatic heterocycles. The number of benzene rings is 1. The zero-order chi connectivity index (χ0) is 14.0. The van der Waals surface area contributed by atoms with Gasteiger partial charge in [0.15, 0.2) is 0 Å². The van der Waals surface area contributed by atoms with E-state index in [4.69, 9.17) is 9.52 Å². The van der Waals surface area contributed by atoms with Crippen molar-refractivity contribution < 1.29 is 18.5 Å². The molecule has 1 N–H and O–H groups in total. The third-order valence-corrected chi connectivity index (χ3v) is 4.12. The molecule has 0 amide bonds. The van der Waals surface area contributed by atoms with Crippen molar-refractivity contribution in [3.8, 4) is 0 Å². The first kappa shape index (κ1) is 13.5.